The molecular formula is C11H13N3O3. The van der Waals surface area contributed by atoms with E-state index >= 15 is 0 Å². The van der Waals surface area contributed by atoms with Crippen LogP contribution in [0, 0.1) is 0 Å². The van der Waals surface area contributed by atoms with E-state index in [1.165, 1.54) is 20.3 Å². The van der Waals surface area contributed by atoms with Crippen LogP contribution < -0.4 is 15.2 Å². The van der Waals surface area contributed by atoms with Gasteiger partial charge in [0, 0.05) is 17.2 Å². The van der Waals surface area contributed by atoms with Gasteiger partial charge < -0.3 is 20.3 Å². The molecule has 4 N–H and O–H groups in total. The van der Waals surface area contributed by atoms with Crippen molar-refractivity contribution < 1.29 is 14.6 Å². The minimum Gasteiger partial charge on any atom is -0.504 e. The number of phenolic OH excluding ortho intramolecular Hbond substituents is 1. The Bertz CT molecular complexity index is 537. The Hall–Kier alpha value is -2.37. The fraction of sp³-hybridized carbons (Fsp3) is 0.182. The van der Waals surface area contributed by atoms with Gasteiger partial charge in [0.25, 0.3) is 0 Å². The van der Waals surface area contributed by atoms with Gasteiger partial charge in [-0.15, -0.1) is 0 Å². The number of benzene rings is 1. The summed E-state index contributed by atoms with van der Waals surface area (Å²) in [4.78, 5) is 0. The van der Waals surface area contributed by atoms with E-state index in [1.54, 1.807) is 12.3 Å². The first-order chi connectivity index (χ1) is 8.17. The predicted octanol–water partition coefficient (Wildman–Crippen LogP) is 1.38. The van der Waals surface area contributed by atoms with Gasteiger partial charge in [-0.3, -0.25) is 5.10 Å². The van der Waals surface area contributed by atoms with E-state index in [-0.39, 0.29) is 5.75 Å². The quantitative estimate of drug-likeness (QED) is 0.747. The lowest BCUT2D eigenvalue weighted by Crippen LogP contribution is -1.93. The molecule has 0 aliphatic carbocycles. The summed E-state index contributed by atoms with van der Waals surface area (Å²) in [6, 6.07) is 3.12. The summed E-state index contributed by atoms with van der Waals surface area (Å²) < 4.78 is 10.2. The lowest BCUT2D eigenvalue weighted by Gasteiger charge is -2.11. The summed E-state index contributed by atoms with van der Waals surface area (Å²) >= 11 is 0. The van der Waals surface area contributed by atoms with Crippen LogP contribution in [0.1, 0.15) is 0 Å². The first kappa shape index (κ1) is 11.1. The van der Waals surface area contributed by atoms with Crippen molar-refractivity contribution in [1.29, 1.82) is 0 Å². The third-order valence-electron chi connectivity index (χ3n) is 2.46. The van der Waals surface area contributed by atoms with Crippen LogP contribution in [0.25, 0.3) is 11.1 Å². The Labute approximate surface area is 98.0 Å². The number of nitrogen functional groups attached to an aromatic ring is 1. The van der Waals surface area contributed by atoms with Gasteiger partial charge in [-0.05, 0) is 6.07 Å². The first-order valence-electron chi connectivity index (χ1n) is 4.91. The van der Waals surface area contributed by atoms with Gasteiger partial charge in [-0.1, -0.05) is 0 Å². The molecule has 1 aromatic carbocycles. The van der Waals surface area contributed by atoms with Crippen molar-refractivity contribution in [2.75, 3.05) is 20.0 Å². The predicted molar refractivity (Wildman–Crippen MR) is 63.2 cm³/mol. The third kappa shape index (κ3) is 1.84. The van der Waals surface area contributed by atoms with Gasteiger partial charge in [0.05, 0.1) is 20.4 Å². The molecular weight excluding hydrogens is 222 g/mol. The topological polar surface area (TPSA) is 93.4 Å². The largest absolute Gasteiger partial charge is 0.504 e. The number of hydrogen-bond acceptors (Lipinski definition) is 5. The number of aromatic amines is 1. The molecule has 0 saturated heterocycles. The lowest BCUT2D eigenvalue weighted by atomic mass is 10.1. The number of H-pyrrole nitrogens is 1. The van der Waals surface area contributed by atoms with Crippen molar-refractivity contribution in [3.8, 4) is 28.4 Å². The van der Waals surface area contributed by atoms with Crippen molar-refractivity contribution in [3.05, 3.63) is 18.3 Å². The van der Waals surface area contributed by atoms with Crippen molar-refractivity contribution in [2.24, 2.45) is 0 Å². The number of nitrogens with two attached hydrogens (primary N) is 1. The first-order valence-corrected chi connectivity index (χ1v) is 4.91. The van der Waals surface area contributed by atoms with E-state index in [1.807, 2.05) is 0 Å². The second-order valence-electron chi connectivity index (χ2n) is 3.42. The zero-order valence-corrected chi connectivity index (χ0v) is 9.52. The maximum atomic E-state index is 9.75. The highest BCUT2D eigenvalue weighted by atomic mass is 16.5. The molecule has 0 saturated carbocycles. The fourth-order valence-electron chi connectivity index (χ4n) is 1.60. The van der Waals surface area contributed by atoms with Crippen molar-refractivity contribution >= 4 is 5.82 Å². The number of ether oxygens (including phenoxy) is 2. The maximum absolute atomic E-state index is 9.75. The highest BCUT2D eigenvalue weighted by Gasteiger charge is 2.15. The molecule has 0 unspecified atom stereocenters. The van der Waals surface area contributed by atoms with Gasteiger partial charge in [0.15, 0.2) is 11.5 Å². The van der Waals surface area contributed by atoms with E-state index in [9.17, 15) is 5.11 Å². The van der Waals surface area contributed by atoms with Crippen molar-refractivity contribution in [3.63, 3.8) is 0 Å². The van der Waals surface area contributed by atoms with E-state index in [2.05, 4.69) is 10.2 Å². The van der Waals surface area contributed by atoms with Crippen LogP contribution in [0.15, 0.2) is 18.3 Å². The molecule has 0 atom stereocenters. The third-order valence-corrected chi connectivity index (χ3v) is 2.46. The molecule has 1 heterocycles. The molecule has 1 aromatic heterocycles. The number of aromatic hydroxyl groups is 1. The number of nitrogens with zero attached hydrogens (tertiary/aromatic N) is 1. The Morgan fingerprint density at radius 3 is 2.41 bits per heavy atom. The summed E-state index contributed by atoms with van der Waals surface area (Å²) in [5.41, 5.74) is 7.05. The highest BCUT2D eigenvalue weighted by Crippen LogP contribution is 2.40. The smallest absolute Gasteiger partial charge is 0.164 e. The maximum Gasteiger partial charge on any atom is 0.164 e. The average molecular weight is 235 g/mol. The van der Waals surface area contributed by atoms with E-state index in [0.717, 1.165) is 0 Å². The number of aromatic nitrogens is 2. The molecule has 0 radical (unpaired) electrons. The van der Waals surface area contributed by atoms with Gasteiger partial charge in [-0.25, -0.2) is 0 Å². The fourth-order valence-corrected chi connectivity index (χ4v) is 1.60. The molecule has 0 spiro atoms. The molecule has 0 amide bonds. The minimum atomic E-state index is 0.0175. The molecule has 0 bridgehead atoms. The standard InChI is InChI=1S/C11H13N3O3/c1-16-9-4-10(17-2)8(15)3-6(9)7-5-13-14-11(7)12/h3-5,15H,1-2H3,(H3,12,13,14). The zero-order valence-electron chi connectivity index (χ0n) is 9.52. The monoisotopic (exact) mass is 235 g/mol. The number of hydrogen-bond donors (Lipinski definition) is 3. The number of methoxy groups -OCH3 is 2. The van der Waals surface area contributed by atoms with Crippen LogP contribution in [0.4, 0.5) is 5.82 Å². The van der Waals surface area contributed by atoms with Gasteiger partial charge >= 0.3 is 0 Å². The van der Waals surface area contributed by atoms with Crippen LogP contribution in [-0.2, 0) is 0 Å². The molecule has 6 heteroatoms. The molecule has 0 fully saturated rings. The summed E-state index contributed by atoms with van der Waals surface area (Å²) in [5.74, 6) is 1.32. The lowest BCUT2D eigenvalue weighted by molar-refractivity contribution is 0.365. The summed E-state index contributed by atoms with van der Waals surface area (Å²) in [5, 5.41) is 16.2. The number of phenols is 1. The van der Waals surface area contributed by atoms with Crippen LogP contribution in [-0.4, -0.2) is 29.5 Å². The molecule has 6 nitrogen and oxygen atoms in total. The molecule has 17 heavy (non-hydrogen) atoms. The van der Waals surface area contributed by atoms with Gasteiger partial charge in [0.2, 0.25) is 0 Å². The molecule has 2 rings (SSSR count). The van der Waals surface area contributed by atoms with Crippen LogP contribution >= 0.6 is 0 Å². The van der Waals surface area contributed by atoms with E-state index < -0.39 is 0 Å². The van der Waals surface area contributed by atoms with E-state index in [0.29, 0.717) is 28.4 Å². The summed E-state index contributed by atoms with van der Waals surface area (Å²) in [7, 11) is 3.01. The average Bonchev–Trinajstić information content (AvgIpc) is 2.75. The Balaban J connectivity index is 2.61. The minimum absolute atomic E-state index is 0.0175. The van der Waals surface area contributed by atoms with Crippen molar-refractivity contribution in [1.82, 2.24) is 10.2 Å². The second kappa shape index (κ2) is 4.25. The van der Waals surface area contributed by atoms with E-state index in [4.69, 9.17) is 15.2 Å². The van der Waals surface area contributed by atoms with Gasteiger partial charge in [-0.2, -0.15) is 5.10 Å². The Morgan fingerprint density at radius 1 is 1.18 bits per heavy atom. The normalized spacial score (nSPS) is 10.2. The molecule has 0 aliphatic heterocycles. The zero-order chi connectivity index (χ0) is 12.4. The van der Waals surface area contributed by atoms with Crippen LogP contribution in [0.5, 0.6) is 17.2 Å². The van der Waals surface area contributed by atoms with Crippen LogP contribution in [0.2, 0.25) is 0 Å². The SMILES string of the molecule is COc1cc(OC)c(-c2cn[nH]c2N)cc1O. The Kier molecular flexibility index (Phi) is 2.78. The van der Waals surface area contributed by atoms with Gasteiger partial charge in [0.1, 0.15) is 11.6 Å². The summed E-state index contributed by atoms with van der Waals surface area (Å²) in [6.07, 6.45) is 1.57. The van der Waals surface area contributed by atoms with Crippen molar-refractivity contribution in [2.45, 2.75) is 0 Å². The summed E-state index contributed by atoms with van der Waals surface area (Å²) in [6.45, 7) is 0. The Morgan fingerprint density at radius 2 is 1.88 bits per heavy atom. The molecule has 90 valence electrons. The highest BCUT2D eigenvalue weighted by molar-refractivity contribution is 5.80. The number of rotatable bonds is 3. The molecule has 2 aromatic rings. The number of nitrogens with one attached hydrogen (secondary N) is 1. The molecule has 0 aliphatic rings. The number of anilines is 1. The van der Waals surface area contributed by atoms with Crippen LogP contribution in [0.3, 0.4) is 0 Å². The second-order valence-corrected chi connectivity index (χ2v) is 3.42.